The SMILES string of the molecule is CC.Cn1cc(SCC2=C(C(=O)O)N3C(=O)[C@@H](NC(=O)Cc4ccc(O)cc4)C3SC2)nn1. The van der Waals surface area contributed by atoms with E-state index in [4.69, 9.17) is 0 Å². The van der Waals surface area contributed by atoms with Crippen molar-refractivity contribution in [2.24, 2.45) is 7.05 Å². The zero-order valence-electron chi connectivity index (χ0n) is 18.4. The molecule has 1 saturated heterocycles. The average Bonchev–Trinajstić information content (AvgIpc) is 3.23. The zero-order chi connectivity index (χ0) is 24.1. The van der Waals surface area contributed by atoms with Gasteiger partial charge in [0.2, 0.25) is 5.91 Å². The maximum Gasteiger partial charge on any atom is 0.352 e. The highest BCUT2D eigenvalue weighted by molar-refractivity contribution is 8.01. The summed E-state index contributed by atoms with van der Waals surface area (Å²) in [5.74, 6) is -1.02. The molecule has 176 valence electrons. The van der Waals surface area contributed by atoms with E-state index in [1.807, 2.05) is 13.8 Å². The number of nitrogens with zero attached hydrogens (tertiary/aromatic N) is 4. The molecule has 2 aliphatic heterocycles. The van der Waals surface area contributed by atoms with Gasteiger partial charge in [-0.1, -0.05) is 43.0 Å². The fourth-order valence-corrected chi connectivity index (χ4v) is 5.73. The van der Waals surface area contributed by atoms with Crippen LogP contribution in [0.1, 0.15) is 19.4 Å². The van der Waals surface area contributed by atoms with Crippen LogP contribution in [0.3, 0.4) is 0 Å². The number of amides is 2. The van der Waals surface area contributed by atoms with Gasteiger partial charge in [0.1, 0.15) is 27.9 Å². The number of phenols is 1. The summed E-state index contributed by atoms with van der Waals surface area (Å²) >= 11 is 2.78. The van der Waals surface area contributed by atoms with E-state index in [1.54, 1.807) is 30.1 Å². The summed E-state index contributed by atoms with van der Waals surface area (Å²) in [7, 11) is 1.74. The normalized spacial score (nSPS) is 19.2. The summed E-state index contributed by atoms with van der Waals surface area (Å²) in [6.07, 6.45) is 1.79. The number of nitrogens with one attached hydrogen (secondary N) is 1. The van der Waals surface area contributed by atoms with Crippen LogP contribution in [0.5, 0.6) is 5.75 Å². The molecule has 1 aromatic heterocycles. The topological polar surface area (TPSA) is 138 Å². The molecule has 3 heterocycles. The third-order valence-corrected chi connectivity index (χ3v) is 7.16. The molecular weight excluding hydrogens is 466 g/mol. The van der Waals surface area contributed by atoms with E-state index in [9.17, 15) is 24.6 Å². The van der Waals surface area contributed by atoms with Crippen molar-refractivity contribution in [3.05, 3.63) is 47.3 Å². The average molecular weight is 492 g/mol. The van der Waals surface area contributed by atoms with Crippen molar-refractivity contribution in [2.45, 2.75) is 36.7 Å². The van der Waals surface area contributed by atoms with Crippen molar-refractivity contribution in [1.82, 2.24) is 25.2 Å². The Bertz CT molecular complexity index is 1070. The van der Waals surface area contributed by atoms with Crippen LogP contribution in [0.15, 0.2) is 46.8 Å². The first-order valence-corrected chi connectivity index (χ1v) is 12.3. The van der Waals surface area contributed by atoms with E-state index in [-0.39, 0.29) is 23.8 Å². The van der Waals surface area contributed by atoms with Crippen molar-refractivity contribution in [3.63, 3.8) is 0 Å². The van der Waals surface area contributed by atoms with Crippen LogP contribution in [0, 0.1) is 0 Å². The largest absolute Gasteiger partial charge is 0.508 e. The first-order chi connectivity index (χ1) is 15.8. The fraction of sp³-hybridized carbons (Fsp3) is 0.381. The van der Waals surface area contributed by atoms with Gasteiger partial charge in [-0.25, -0.2) is 4.79 Å². The molecule has 2 atom stereocenters. The first kappa shape index (κ1) is 24.6. The van der Waals surface area contributed by atoms with Crippen molar-refractivity contribution in [2.75, 3.05) is 11.5 Å². The number of aromatic nitrogens is 3. The minimum absolute atomic E-state index is 0.0193. The lowest BCUT2D eigenvalue weighted by Crippen LogP contribution is -2.70. The number of rotatable bonds is 7. The summed E-state index contributed by atoms with van der Waals surface area (Å²) in [6, 6.07) is 5.47. The number of benzene rings is 1. The maximum atomic E-state index is 12.7. The monoisotopic (exact) mass is 491 g/mol. The molecule has 1 aromatic carbocycles. The van der Waals surface area contributed by atoms with Crippen molar-refractivity contribution < 1.29 is 24.6 Å². The maximum absolute atomic E-state index is 12.7. The standard InChI is InChI=1S/C19H19N5O5S2.C2H6/c1-23-7-14(21-22-23)30-8-11-9-31-18-15(17(27)24(18)16(11)19(28)29)20-13(26)6-10-2-4-12(25)5-3-10;1-2/h2-5,7,15,18,25H,6,8-9H2,1H3,(H,20,26)(H,28,29);1-2H3/t15-,18?;/m1./s1. The Balaban J connectivity index is 0.00000149. The van der Waals surface area contributed by atoms with Crippen molar-refractivity contribution in [3.8, 4) is 5.75 Å². The molecule has 0 aliphatic carbocycles. The Morgan fingerprint density at radius 3 is 2.58 bits per heavy atom. The minimum atomic E-state index is -1.16. The van der Waals surface area contributed by atoms with Gasteiger partial charge in [0.15, 0.2) is 0 Å². The Kier molecular flexibility index (Phi) is 8.03. The number of carboxylic acid groups (broad SMARTS) is 1. The number of carbonyl (C=O) groups is 3. The molecule has 0 spiro atoms. The van der Waals surface area contributed by atoms with Crippen LogP contribution in [0.4, 0.5) is 0 Å². The summed E-state index contributed by atoms with van der Waals surface area (Å²) in [5.41, 5.74) is 1.31. The summed E-state index contributed by atoms with van der Waals surface area (Å²) in [4.78, 5) is 38.2. The lowest BCUT2D eigenvalue weighted by molar-refractivity contribution is -0.150. The van der Waals surface area contributed by atoms with Crippen LogP contribution in [-0.2, 0) is 27.9 Å². The second-order valence-electron chi connectivity index (χ2n) is 7.07. The summed E-state index contributed by atoms with van der Waals surface area (Å²) in [6.45, 7) is 4.00. The predicted molar refractivity (Wildman–Crippen MR) is 125 cm³/mol. The van der Waals surface area contributed by atoms with Crippen LogP contribution in [0.25, 0.3) is 0 Å². The number of carbonyl (C=O) groups excluding carboxylic acids is 2. The summed E-state index contributed by atoms with van der Waals surface area (Å²) in [5, 5.41) is 29.8. The van der Waals surface area contributed by atoms with Crippen LogP contribution < -0.4 is 5.32 Å². The van der Waals surface area contributed by atoms with Gasteiger partial charge in [-0.05, 0) is 23.3 Å². The molecule has 1 fully saturated rings. The van der Waals surface area contributed by atoms with Gasteiger partial charge >= 0.3 is 5.97 Å². The second kappa shape index (κ2) is 10.8. The number of carboxylic acids is 1. The summed E-state index contributed by atoms with van der Waals surface area (Å²) < 4.78 is 1.56. The number of hydrogen-bond donors (Lipinski definition) is 3. The van der Waals surface area contributed by atoms with E-state index in [0.717, 1.165) is 0 Å². The highest BCUT2D eigenvalue weighted by Gasteiger charge is 2.54. The Hall–Kier alpha value is -2.99. The molecule has 4 rings (SSSR count). The molecule has 2 aliphatic rings. The molecular formula is C21H25N5O5S2. The highest BCUT2D eigenvalue weighted by Crippen LogP contribution is 2.41. The molecule has 2 aromatic rings. The molecule has 12 heteroatoms. The van der Waals surface area contributed by atoms with E-state index in [1.165, 1.54) is 40.6 Å². The lowest BCUT2D eigenvalue weighted by atomic mass is 10.0. The van der Waals surface area contributed by atoms with Crippen LogP contribution in [0.2, 0.25) is 0 Å². The number of thioether (sulfide) groups is 2. The second-order valence-corrected chi connectivity index (χ2v) is 9.18. The molecule has 0 saturated carbocycles. The number of fused-ring (bicyclic) bond motifs is 1. The van der Waals surface area contributed by atoms with Crippen LogP contribution in [-0.4, -0.2) is 70.8 Å². The third kappa shape index (κ3) is 5.50. The van der Waals surface area contributed by atoms with Crippen molar-refractivity contribution >= 4 is 41.3 Å². The number of aryl methyl sites for hydroxylation is 1. The van der Waals surface area contributed by atoms with Gasteiger partial charge in [-0.2, -0.15) is 0 Å². The van der Waals surface area contributed by atoms with Gasteiger partial charge in [-0.3, -0.25) is 19.2 Å². The Morgan fingerprint density at radius 1 is 1.27 bits per heavy atom. The van der Waals surface area contributed by atoms with Crippen LogP contribution >= 0.6 is 23.5 Å². The molecule has 1 unspecified atom stereocenters. The molecule has 2 amide bonds. The van der Waals surface area contributed by atoms with Gasteiger partial charge in [0.05, 0.1) is 12.6 Å². The molecule has 10 nitrogen and oxygen atoms in total. The third-order valence-electron chi connectivity index (χ3n) is 4.84. The molecule has 0 radical (unpaired) electrons. The lowest BCUT2D eigenvalue weighted by Gasteiger charge is -2.49. The van der Waals surface area contributed by atoms with Gasteiger partial charge in [0.25, 0.3) is 5.91 Å². The van der Waals surface area contributed by atoms with E-state index in [0.29, 0.717) is 27.7 Å². The van der Waals surface area contributed by atoms with E-state index < -0.39 is 23.3 Å². The Morgan fingerprint density at radius 2 is 1.97 bits per heavy atom. The van der Waals surface area contributed by atoms with Gasteiger partial charge < -0.3 is 15.5 Å². The molecule has 0 bridgehead atoms. The van der Waals surface area contributed by atoms with Gasteiger partial charge in [0, 0.05) is 18.6 Å². The first-order valence-electron chi connectivity index (χ1n) is 10.3. The smallest absolute Gasteiger partial charge is 0.352 e. The number of β-lactam (4-membered cyclic amide) rings is 1. The zero-order valence-corrected chi connectivity index (χ0v) is 20.0. The van der Waals surface area contributed by atoms with E-state index in [2.05, 4.69) is 15.6 Å². The number of aliphatic carboxylic acids is 1. The number of hydrogen-bond acceptors (Lipinski definition) is 8. The van der Waals surface area contributed by atoms with Crippen molar-refractivity contribution in [1.29, 1.82) is 0 Å². The van der Waals surface area contributed by atoms with Gasteiger partial charge in [-0.15, -0.1) is 16.9 Å². The highest BCUT2D eigenvalue weighted by atomic mass is 32.2. The number of aromatic hydroxyl groups is 1. The number of phenolic OH excluding ortho intramolecular Hbond substituents is 1. The van der Waals surface area contributed by atoms with E-state index >= 15 is 0 Å². The Labute approximate surface area is 199 Å². The minimum Gasteiger partial charge on any atom is -0.508 e. The fourth-order valence-electron chi connectivity index (χ4n) is 3.37. The molecule has 3 N–H and O–H groups in total. The quantitative estimate of drug-likeness (QED) is 0.390. The molecule has 33 heavy (non-hydrogen) atoms. The predicted octanol–water partition coefficient (Wildman–Crippen LogP) is 1.62.